The second-order valence-electron chi connectivity index (χ2n) is 4.28. The molecule has 1 N–H and O–H groups in total. The van der Waals surface area contributed by atoms with E-state index in [0.717, 1.165) is 24.4 Å². The minimum atomic E-state index is -4.84. The highest BCUT2D eigenvalue weighted by atomic mass is 19.4. The summed E-state index contributed by atoms with van der Waals surface area (Å²) in [4.78, 5) is 18.1. The predicted molar refractivity (Wildman–Crippen MR) is 66.4 cm³/mol. The third-order valence-electron chi connectivity index (χ3n) is 2.63. The Morgan fingerprint density at radius 1 is 0.957 bits per heavy atom. The highest BCUT2D eigenvalue weighted by molar-refractivity contribution is 6.05. The van der Waals surface area contributed by atoms with Crippen molar-refractivity contribution >= 4 is 11.6 Å². The number of carbonyl (C=O) groups excluding carboxylic acids is 1. The van der Waals surface area contributed by atoms with Crippen LogP contribution in [-0.4, -0.2) is 15.9 Å². The number of anilines is 1. The first-order valence-electron chi connectivity index (χ1n) is 5.96. The maximum absolute atomic E-state index is 12.8. The molecular weight excluding hydrogens is 328 g/mol. The number of aromatic nitrogens is 2. The van der Waals surface area contributed by atoms with Crippen molar-refractivity contribution in [2.45, 2.75) is 12.4 Å². The summed E-state index contributed by atoms with van der Waals surface area (Å²) in [5.41, 5.74) is -3.51. The van der Waals surface area contributed by atoms with Gasteiger partial charge in [-0.05, 0) is 24.3 Å². The highest BCUT2D eigenvalue weighted by Gasteiger charge is 2.37. The summed E-state index contributed by atoms with van der Waals surface area (Å²) in [6.45, 7) is 0. The molecule has 0 aromatic carbocycles. The lowest BCUT2D eigenvalue weighted by Gasteiger charge is -2.12. The number of halogens is 6. The predicted octanol–water partition coefficient (Wildman–Crippen LogP) is 3.77. The van der Waals surface area contributed by atoms with Crippen LogP contribution in [0, 0.1) is 0 Å². The minimum Gasteiger partial charge on any atom is -0.321 e. The quantitative estimate of drug-likeness (QED) is 0.850. The van der Waals surface area contributed by atoms with Crippen molar-refractivity contribution in [2.24, 2.45) is 0 Å². The van der Waals surface area contributed by atoms with E-state index in [1.807, 2.05) is 5.32 Å². The van der Waals surface area contributed by atoms with Crippen LogP contribution in [0.25, 0.3) is 0 Å². The van der Waals surface area contributed by atoms with Gasteiger partial charge in [0, 0.05) is 6.20 Å². The van der Waals surface area contributed by atoms with Crippen LogP contribution < -0.4 is 5.32 Å². The van der Waals surface area contributed by atoms with Crippen LogP contribution in [0.1, 0.15) is 21.7 Å². The van der Waals surface area contributed by atoms with Crippen LogP contribution in [0.4, 0.5) is 32.0 Å². The number of amides is 1. The van der Waals surface area contributed by atoms with Gasteiger partial charge in [-0.1, -0.05) is 0 Å². The zero-order valence-corrected chi connectivity index (χ0v) is 11.0. The fraction of sp³-hybridized carbons (Fsp3) is 0.154. The molecule has 0 aliphatic carbocycles. The van der Waals surface area contributed by atoms with E-state index >= 15 is 0 Å². The monoisotopic (exact) mass is 335 g/mol. The fourth-order valence-electron chi connectivity index (χ4n) is 1.65. The molecule has 2 heterocycles. The maximum atomic E-state index is 12.8. The number of alkyl halides is 6. The third-order valence-corrected chi connectivity index (χ3v) is 2.63. The molecule has 23 heavy (non-hydrogen) atoms. The number of hydrogen-bond donors (Lipinski definition) is 1. The molecule has 0 unspecified atom stereocenters. The van der Waals surface area contributed by atoms with Gasteiger partial charge in [0.2, 0.25) is 0 Å². The summed E-state index contributed by atoms with van der Waals surface area (Å²) in [7, 11) is 0. The van der Waals surface area contributed by atoms with Gasteiger partial charge < -0.3 is 5.32 Å². The lowest BCUT2D eigenvalue weighted by Crippen LogP contribution is -2.20. The molecule has 0 fully saturated rings. The second-order valence-corrected chi connectivity index (χ2v) is 4.28. The van der Waals surface area contributed by atoms with Gasteiger partial charge in [0.1, 0.15) is 5.69 Å². The molecule has 122 valence electrons. The van der Waals surface area contributed by atoms with E-state index in [4.69, 9.17) is 0 Å². The fourth-order valence-corrected chi connectivity index (χ4v) is 1.65. The highest BCUT2D eigenvalue weighted by Crippen LogP contribution is 2.31. The first kappa shape index (κ1) is 16.7. The molecule has 0 aliphatic rings. The Hall–Kier alpha value is -2.65. The lowest BCUT2D eigenvalue weighted by molar-refractivity contribution is -0.142. The normalized spacial score (nSPS) is 12.1. The van der Waals surface area contributed by atoms with Crippen molar-refractivity contribution in [3.8, 4) is 0 Å². The zero-order chi connectivity index (χ0) is 17.3. The summed E-state index contributed by atoms with van der Waals surface area (Å²) in [5, 5.41) is 2.04. The van der Waals surface area contributed by atoms with Crippen LogP contribution in [0.15, 0.2) is 36.7 Å². The molecule has 1 amide bonds. The van der Waals surface area contributed by atoms with Crippen molar-refractivity contribution in [3.05, 3.63) is 53.6 Å². The molecule has 0 saturated heterocycles. The molecule has 0 spiro atoms. The molecule has 4 nitrogen and oxygen atoms in total. The Labute approximate surface area is 125 Å². The summed E-state index contributed by atoms with van der Waals surface area (Å²) in [6.07, 6.45) is -7.93. The Balaban J connectivity index is 2.24. The van der Waals surface area contributed by atoms with Gasteiger partial charge in [-0.2, -0.15) is 26.3 Å². The summed E-state index contributed by atoms with van der Waals surface area (Å²) < 4.78 is 75.3. The largest absolute Gasteiger partial charge is 0.434 e. The molecule has 10 heteroatoms. The Bertz CT molecular complexity index is 709. The zero-order valence-electron chi connectivity index (χ0n) is 11.0. The van der Waals surface area contributed by atoms with E-state index in [1.54, 1.807) is 0 Å². The number of nitrogens with one attached hydrogen (secondary N) is 1. The Kier molecular flexibility index (Phi) is 4.26. The maximum Gasteiger partial charge on any atom is 0.434 e. The average molecular weight is 335 g/mol. The van der Waals surface area contributed by atoms with Gasteiger partial charge in [0.05, 0.1) is 17.4 Å². The van der Waals surface area contributed by atoms with E-state index in [9.17, 15) is 31.1 Å². The van der Waals surface area contributed by atoms with E-state index in [2.05, 4.69) is 9.97 Å². The van der Waals surface area contributed by atoms with Crippen LogP contribution >= 0.6 is 0 Å². The SMILES string of the molecule is O=C(Nc1ccc(C(F)(F)F)nc1)c1cccnc1C(F)(F)F. The van der Waals surface area contributed by atoms with E-state index in [0.29, 0.717) is 12.3 Å². The number of carbonyl (C=O) groups is 1. The number of rotatable bonds is 2. The van der Waals surface area contributed by atoms with Crippen molar-refractivity contribution in [3.63, 3.8) is 0 Å². The van der Waals surface area contributed by atoms with E-state index in [-0.39, 0.29) is 5.69 Å². The molecule has 2 aromatic rings. The molecule has 2 rings (SSSR count). The van der Waals surface area contributed by atoms with Crippen LogP contribution in [0.3, 0.4) is 0 Å². The van der Waals surface area contributed by atoms with Gasteiger partial charge in [0.25, 0.3) is 5.91 Å². The van der Waals surface area contributed by atoms with Crippen molar-refractivity contribution in [2.75, 3.05) is 5.32 Å². The molecule has 2 aromatic heterocycles. The molecule has 0 atom stereocenters. The van der Waals surface area contributed by atoms with E-state index < -0.39 is 35.2 Å². The molecule has 0 radical (unpaired) electrons. The molecule has 0 saturated carbocycles. The Morgan fingerprint density at radius 3 is 2.17 bits per heavy atom. The van der Waals surface area contributed by atoms with Crippen LogP contribution in [0.2, 0.25) is 0 Å². The smallest absolute Gasteiger partial charge is 0.321 e. The lowest BCUT2D eigenvalue weighted by atomic mass is 10.1. The number of pyridine rings is 2. The van der Waals surface area contributed by atoms with Crippen LogP contribution in [0.5, 0.6) is 0 Å². The van der Waals surface area contributed by atoms with Crippen molar-refractivity contribution < 1.29 is 31.1 Å². The average Bonchev–Trinajstić information content (AvgIpc) is 2.46. The van der Waals surface area contributed by atoms with Crippen molar-refractivity contribution in [1.82, 2.24) is 9.97 Å². The summed E-state index contributed by atoms with van der Waals surface area (Å²) >= 11 is 0. The molecular formula is C13H7F6N3O. The summed E-state index contributed by atoms with van der Waals surface area (Å²) in [5.74, 6) is -1.16. The number of nitrogens with zero attached hydrogens (tertiary/aromatic N) is 2. The van der Waals surface area contributed by atoms with Crippen LogP contribution in [-0.2, 0) is 12.4 Å². The first-order chi connectivity index (χ1) is 10.6. The van der Waals surface area contributed by atoms with Gasteiger partial charge in [-0.3, -0.25) is 9.78 Å². The second kappa shape index (κ2) is 5.86. The van der Waals surface area contributed by atoms with E-state index in [1.165, 1.54) is 0 Å². The first-order valence-corrected chi connectivity index (χ1v) is 5.96. The standard InChI is InChI=1S/C13H7F6N3O/c14-12(15,16)9-4-3-7(6-21-9)22-11(23)8-2-1-5-20-10(8)13(17,18)19/h1-6H,(H,22,23). The third kappa shape index (κ3) is 3.96. The van der Waals surface area contributed by atoms with Gasteiger partial charge in [0.15, 0.2) is 5.69 Å². The minimum absolute atomic E-state index is 0.181. The van der Waals surface area contributed by atoms with Gasteiger partial charge in [-0.15, -0.1) is 0 Å². The topological polar surface area (TPSA) is 54.9 Å². The van der Waals surface area contributed by atoms with Gasteiger partial charge >= 0.3 is 12.4 Å². The molecule has 0 bridgehead atoms. The summed E-state index contributed by atoms with van der Waals surface area (Å²) in [6, 6.07) is 3.53. The molecule has 0 aliphatic heterocycles. The Morgan fingerprint density at radius 2 is 1.65 bits per heavy atom. The van der Waals surface area contributed by atoms with Crippen molar-refractivity contribution in [1.29, 1.82) is 0 Å². The van der Waals surface area contributed by atoms with Gasteiger partial charge in [-0.25, -0.2) is 4.98 Å². The number of hydrogen-bond acceptors (Lipinski definition) is 3.